The number of hydrogen-bond acceptors (Lipinski definition) is 3. The van der Waals surface area contributed by atoms with Gasteiger partial charge >= 0.3 is 0 Å². The van der Waals surface area contributed by atoms with E-state index in [1.807, 2.05) is 31.2 Å². The number of hydrogen-bond donors (Lipinski definition) is 0. The van der Waals surface area contributed by atoms with E-state index in [1.54, 1.807) is 6.07 Å². The second-order valence-corrected chi connectivity index (χ2v) is 10.1. The number of carbonyl (C=O) groups is 2. The monoisotopic (exact) mass is 509 g/mol. The van der Waals surface area contributed by atoms with Gasteiger partial charge in [-0.3, -0.25) is 14.5 Å². The molecule has 5 heteroatoms. The molecule has 0 aliphatic heterocycles. The second kappa shape index (κ2) is 17.7. The van der Waals surface area contributed by atoms with Crippen molar-refractivity contribution in [3.05, 3.63) is 59.4 Å². The number of carbonyl (C=O) groups excluding carboxylic acids is 2. The zero-order valence-corrected chi connectivity index (χ0v) is 23.8. The number of nitrogens with zero attached hydrogens (tertiary/aromatic N) is 2. The molecule has 0 aliphatic carbocycles. The molecule has 1 aromatic heterocycles. The first-order valence-corrected chi connectivity index (χ1v) is 14.5. The Morgan fingerprint density at radius 2 is 1.54 bits per heavy atom. The van der Waals surface area contributed by atoms with Crippen LogP contribution in [-0.2, 0) is 17.8 Å². The van der Waals surface area contributed by atoms with Crippen LogP contribution in [0.15, 0.2) is 42.6 Å². The molecule has 0 atom stereocenters. The molecule has 0 fully saturated rings. The van der Waals surface area contributed by atoms with Crippen LogP contribution in [0.25, 0.3) is 0 Å². The van der Waals surface area contributed by atoms with Gasteiger partial charge in [-0.15, -0.1) is 0 Å². The Morgan fingerprint density at radius 3 is 2.16 bits per heavy atom. The van der Waals surface area contributed by atoms with Gasteiger partial charge in [0.1, 0.15) is 12.3 Å². The summed E-state index contributed by atoms with van der Waals surface area (Å²) >= 11 is 0. The van der Waals surface area contributed by atoms with Crippen molar-refractivity contribution in [2.45, 2.75) is 111 Å². The summed E-state index contributed by atoms with van der Waals surface area (Å²) in [7, 11) is 0. The quantitative estimate of drug-likeness (QED) is 0.157. The molecule has 0 aliphatic rings. The third-order valence-corrected chi connectivity index (χ3v) is 7.01. The predicted octanol–water partition coefficient (Wildman–Crippen LogP) is 7.22. The minimum atomic E-state index is -0.234. The van der Waals surface area contributed by atoms with E-state index in [4.69, 9.17) is 4.74 Å². The van der Waals surface area contributed by atoms with Crippen LogP contribution >= 0.6 is 0 Å². The Morgan fingerprint density at radius 1 is 0.865 bits per heavy atom. The lowest BCUT2D eigenvalue weighted by molar-refractivity contribution is -0.700. The molecule has 0 spiro atoms. The van der Waals surface area contributed by atoms with Gasteiger partial charge in [0.05, 0.1) is 6.61 Å². The van der Waals surface area contributed by atoms with E-state index in [9.17, 15) is 9.59 Å². The zero-order chi connectivity index (χ0) is 26.9. The van der Waals surface area contributed by atoms with Crippen molar-refractivity contribution in [2.24, 2.45) is 0 Å². The highest BCUT2D eigenvalue weighted by Crippen LogP contribution is 2.20. The SMILES string of the molecule is CCCCCCCCCCCCOc1ccc(C(=O)N(CCCc2cccc[n+]2CC)C(C)=O)c(C)c1. The maximum absolute atomic E-state index is 13.2. The molecule has 0 radical (unpaired) electrons. The predicted molar refractivity (Wildman–Crippen MR) is 151 cm³/mol. The average molecular weight is 510 g/mol. The standard InChI is InChI=1S/C32H49N2O3/c1-5-7-8-9-10-11-12-13-14-17-25-37-30-21-22-31(27(3)26-30)32(36)34(28(4)35)24-18-20-29-19-15-16-23-33(29)6-2/h15-16,19,21-23,26H,5-14,17-18,20,24-25H2,1-4H3/q+1. The van der Waals surface area contributed by atoms with Crippen LogP contribution in [0.1, 0.15) is 113 Å². The molecule has 0 N–H and O–H groups in total. The van der Waals surface area contributed by atoms with Gasteiger partial charge in [-0.25, -0.2) is 4.57 Å². The molecule has 2 rings (SSSR count). The summed E-state index contributed by atoms with van der Waals surface area (Å²) in [4.78, 5) is 26.9. The normalized spacial score (nSPS) is 10.9. The molecule has 0 saturated carbocycles. The Balaban J connectivity index is 1.76. The number of rotatable bonds is 18. The largest absolute Gasteiger partial charge is 0.494 e. The highest BCUT2D eigenvalue weighted by molar-refractivity contribution is 6.05. The first-order valence-electron chi connectivity index (χ1n) is 14.5. The van der Waals surface area contributed by atoms with Crippen LogP contribution in [0.3, 0.4) is 0 Å². The molecule has 0 saturated heterocycles. The van der Waals surface area contributed by atoms with E-state index < -0.39 is 0 Å². The fraction of sp³-hybridized carbons (Fsp3) is 0.594. The van der Waals surface area contributed by atoms with Crippen molar-refractivity contribution in [1.82, 2.24) is 4.90 Å². The van der Waals surface area contributed by atoms with Gasteiger partial charge in [-0.1, -0.05) is 70.8 Å². The maximum atomic E-state index is 13.2. The minimum absolute atomic E-state index is 0.220. The summed E-state index contributed by atoms with van der Waals surface area (Å²) in [6.07, 6.45) is 16.6. The molecule has 0 bridgehead atoms. The van der Waals surface area contributed by atoms with Crippen LogP contribution in [-0.4, -0.2) is 29.9 Å². The molecular weight excluding hydrogens is 460 g/mol. The first-order chi connectivity index (χ1) is 18.0. The second-order valence-electron chi connectivity index (χ2n) is 10.1. The molecule has 1 heterocycles. The van der Waals surface area contributed by atoms with Crippen LogP contribution < -0.4 is 9.30 Å². The third kappa shape index (κ3) is 11.1. The average Bonchev–Trinajstić information content (AvgIpc) is 2.89. The van der Waals surface area contributed by atoms with E-state index in [1.165, 1.54) is 75.3 Å². The number of pyridine rings is 1. The van der Waals surface area contributed by atoms with Crippen molar-refractivity contribution in [3.8, 4) is 5.75 Å². The summed E-state index contributed by atoms with van der Waals surface area (Å²) in [6, 6.07) is 11.7. The Bertz CT molecular complexity index is 957. The molecule has 2 amide bonds. The first kappa shape index (κ1) is 30.5. The van der Waals surface area contributed by atoms with Gasteiger partial charge in [0.15, 0.2) is 11.9 Å². The number of aromatic nitrogens is 1. The van der Waals surface area contributed by atoms with Crippen molar-refractivity contribution in [2.75, 3.05) is 13.2 Å². The molecule has 2 aromatic rings. The van der Waals surface area contributed by atoms with Crippen molar-refractivity contribution in [3.63, 3.8) is 0 Å². The van der Waals surface area contributed by atoms with Gasteiger partial charge in [-0.05, 0) is 50.5 Å². The fourth-order valence-electron chi connectivity index (χ4n) is 4.76. The van der Waals surface area contributed by atoms with Gasteiger partial charge in [0.25, 0.3) is 5.91 Å². The molecule has 204 valence electrons. The van der Waals surface area contributed by atoms with E-state index in [0.717, 1.165) is 37.1 Å². The lowest BCUT2D eigenvalue weighted by Crippen LogP contribution is -2.39. The van der Waals surface area contributed by atoms with Crippen LogP contribution in [0.5, 0.6) is 5.75 Å². The van der Waals surface area contributed by atoms with Crippen LogP contribution in [0.4, 0.5) is 0 Å². The molecule has 1 aromatic carbocycles. The van der Waals surface area contributed by atoms with E-state index in [0.29, 0.717) is 18.7 Å². The number of imide groups is 1. The maximum Gasteiger partial charge on any atom is 0.260 e. The molecule has 37 heavy (non-hydrogen) atoms. The summed E-state index contributed by atoms with van der Waals surface area (Å²) in [6.45, 7) is 9.75. The van der Waals surface area contributed by atoms with Gasteiger partial charge in [-0.2, -0.15) is 0 Å². The lowest BCUT2D eigenvalue weighted by Gasteiger charge is -2.20. The van der Waals surface area contributed by atoms with Crippen molar-refractivity contribution >= 4 is 11.8 Å². The Labute approximate surface area is 225 Å². The Kier molecular flexibility index (Phi) is 14.6. The van der Waals surface area contributed by atoms with E-state index in [2.05, 4.69) is 30.7 Å². The fourth-order valence-corrected chi connectivity index (χ4v) is 4.76. The summed E-state index contributed by atoms with van der Waals surface area (Å²) in [5.41, 5.74) is 2.61. The zero-order valence-electron chi connectivity index (χ0n) is 23.8. The van der Waals surface area contributed by atoms with Crippen molar-refractivity contribution in [1.29, 1.82) is 0 Å². The third-order valence-electron chi connectivity index (χ3n) is 7.01. The topological polar surface area (TPSA) is 50.5 Å². The number of aryl methyl sites for hydroxylation is 3. The van der Waals surface area contributed by atoms with Gasteiger partial charge in [0, 0.05) is 37.6 Å². The number of amides is 2. The minimum Gasteiger partial charge on any atom is -0.494 e. The smallest absolute Gasteiger partial charge is 0.260 e. The van der Waals surface area contributed by atoms with Crippen molar-refractivity contribution < 1.29 is 18.9 Å². The van der Waals surface area contributed by atoms with Gasteiger partial charge < -0.3 is 4.74 Å². The number of benzene rings is 1. The Hall–Kier alpha value is -2.69. The molecule has 5 nitrogen and oxygen atoms in total. The molecular formula is C32H49N2O3+. The van der Waals surface area contributed by atoms with Crippen LogP contribution in [0.2, 0.25) is 0 Å². The van der Waals surface area contributed by atoms with E-state index >= 15 is 0 Å². The van der Waals surface area contributed by atoms with Gasteiger partial charge in [0.2, 0.25) is 5.91 Å². The lowest BCUT2D eigenvalue weighted by atomic mass is 10.1. The van der Waals surface area contributed by atoms with Crippen LogP contribution in [0, 0.1) is 6.92 Å². The summed E-state index contributed by atoms with van der Waals surface area (Å²) in [5, 5.41) is 0. The summed E-state index contributed by atoms with van der Waals surface area (Å²) < 4.78 is 8.14. The molecule has 0 unspecified atom stereocenters. The van der Waals surface area contributed by atoms with E-state index in [-0.39, 0.29) is 11.8 Å². The highest BCUT2D eigenvalue weighted by atomic mass is 16.5. The number of ether oxygens (including phenoxy) is 1. The number of unbranched alkanes of at least 4 members (excludes halogenated alkanes) is 9. The summed E-state index contributed by atoms with van der Waals surface area (Å²) in [5.74, 6) is 0.331. The highest BCUT2D eigenvalue weighted by Gasteiger charge is 2.22.